The van der Waals surface area contributed by atoms with Crippen LogP contribution in [0.1, 0.15) is 48.8 Å². The molecule has 0 spiro atoms. The fraction of sp³-hybridized carbons (Fsp3) is 0.360. The first-order chi connectivity index (χ1) is 16.6. The van der Waals surface area contributed by atoms with Crippen LogP contribution < -0.4 is 15.5 Å². The maximum atomic E-state index is 13.3. The number of thiophene rings is 1. The Bertz CT molecular complexity index is 1350. The van der Waals surface area contributed by atoms with E-state index in [4.69, 9.17) is 0 Å². The number of hydrogen-bond donors (Lipinski definition) is 3. The van der Waals surface area contributed by atoms with Crippen molar-refractivity contribution in [3.63, 3.8) is 0 Å². The summed E-state index contributed by atoms with van der Waals surface area (Å²) in [7, 11) is 0. The average molecular weight is 494 g/mol. The van der Waals surface area contributed by atoms with E-state index >= 15 is 0 Å². The summed E-state index contributed by atoms with van der Waals surface area (Å²) in [4.78, 5) is 46.3. The Morgan fingerprint density at radius 1 is 1.26 bits per heavy atom. The zero-order valence-corrected chi connectivity index (χ0v) is 20.6. The van der Waals surface area contributed by atoms with Crippen molar-refractivity contribution in [1.29, 1.82) is 0 Å². The molecule has 4 heterocycles. The number of nitrogens with zero attached hydrogens (tertiary/aromatic N) is 3. The van der Waals surface area contributed by atoms with Crippen molar-refractivity contribution in [3.05, 3.63) is 47.0 Å². The normalized spacial score (nSPS) is 17.9. The number of nitrogens with one attached hydrogen (secondary N) is 2. The van der Waals surface area contributed by atoms with E-state index in [2.05, 4.69) is 36.4 Å². The van der Waals surface area contributed by atoms with Gasteiger partial charge in [0.15, 0.2) is 0 Å². The minimum Gasteiger partial charge on any atom is -0.465 e. The van der Waals surface area contributed by atoms with Gasteiger partial charge in [0.1, 0.15) is 9.71 Å². The maximum Gasteiger partial charge on any atom is 0.407 e. The largest absolute Gasteiger partial charge is 0.465 e. The second kappa shape index (κ2) is 8.53. The molecule has 0 bridgehead atoms. The lowest BCUT2D eigenvalue weighted by molar-refractivity contribution is 0.0893. The number of carbonyl (C=O) groups excluding carboxylic acids is 2. The number of carbonyl (C=O) groups is 3. The fourth-order valence-electron chi connectivity index (χ4n) is 4.63. The number of aromatic nitrogens is 1. The van der Waals surface area contributed by atoms with E-state index in [0.29, 0.717) is 40.5 Å². The molecule has 182 valence electrons. The molecule has 3 aromatic rings. The van der Waals surface area contributed by atoms with Gasteiger partial charge in [0.25, 0.3) is 5.91 Å². The number of piperidine rings is 1. The molecule has 4 amide bonds. The molecular weight excluding hydrogens is 466 g/mol. The smallest absolute Gasteiger partial charge is 0.407 e. The molecule has 2 aliphatic rings. The third-order valence-corrected chi connectivity index (χ3v) is 7.55. The van der Waals surface area contributed by atoms with Crippen molar-refractivity contribution in [3.8, 4) is 0 Å². The van der Waals surface area contributed by atoms with Crippen molar-refractivity contribution >= 4 is 56.6 Å². The van der Waals surface area contributed by atoms with Gasteiger partial charge in [-0.15, -0.1) is 11.3 Å². The van der Waals surface area contributed by atoms with Crippen molar-refractivity contribution in [2.75, 3.05) is 23.3 Å². The predicted octanol–water partition coefficient (Wildman–Crippen LogP) is 5.15. The number of carboxylic acid groups (broad SMARTS) is 1. The summed E-state index contributed by atoms with van der Waals surface area (Å²) in [6.45, 7) is 7.07. The van der Waals surface area contributed by atoms with E-state index in [9.17, 15) is 19.5 Å². The fourth-order valence-corrected chi connectivity index (χ4v) is 5.65. The Balaban J connectivity index is 1.50. The first kappa shape index (κ1) is 23.1. The monoisotopic (exact) mass is 493 g/mol. The number of hydrogen-bond acceptors (Lipinski definition) is 5. The van der Waals surface area contributed by atoms with Gasteiger partial charge < -0.3 is 20.6 Å². The van der Waals surface area contributed by atoms with Crippen molar-refractivity contribution in [2.45, 2.75) is 45.1 Å². The molecule has 1 atom stereocenters. The number of urea groups is 1. The average Bonchev–Trinajstić information content (AvgIpc) is 3.18. The molecule has 1 saturated heterocycles. The van der Waals surface area contributed by atoms with Crippen LogP contribution in [0.15, 0.2) is 36.5 Å². The van der Waals surface area contributed by atoms with Crippen LogP contribution in [0, 0.1) is 0 Å². The minimum atomic E-state index is -0.988. The Morgan fingerprint density at radius 2 is 2.06 bits per heavy atom. The third kappa shape index (κ3) is 4.18. The van der Waals surface area contributed by atoms with Crippen LogP contribution in [-0.4, -0.2) is 52.2 Å². The SMILES string of the molecule is CC(C)(C)c1cccc(N2C(=O)Nc3c(C(=O)NC4CCCN(C(=O)O)C4)sc4nccc2c34)c1. The Hall–Kier alpha value is -3.66. The highest BCUT2D eigenvalue weighted by Gasteiger charge is 2.34. The molecule has 1 aromatic carbocycles. The zero-order chi connectivity index (χ0) is 24.9. The summed E-state index contributed by atoms with van der Waals surface area (Å²) in [6.07, 6.45) is 2.04. The van der Waals surface area contributed by atoms with Crippen LogP contribution in [0.25, 0.3) is 10.2 Å². The van der Waals surface area contributed by atoms with Crippen molar-refractivity contribution in [2.24, 2.45) is 0 Å². The van der Waals surface area contributed by atoms with Gasteiger partial charge in [0, 0.05) is 25.3 Å². The van der Waals surface area contributed by atoms with E-state index in [0.717, 1.165) is 16.6 Å². The second-order valence-corrected chi connectivity index (χ2v) is 10.9. The van der Waals surface area contributed by atoms with Crippen LogP contribution in [0.5, 0.6) is 0 Å². The van der Waals surface area contributed by atoms with Gasteiger partial charge in [-0.1, -0.05) is 32.9 Å². The van der Waals surface area contributed by atoms with E-state index in [1.54, 1.807) is 17.2 Å². The van der Waals surface area contributed by atoms with Crippen LogP contribution in [0.4, 0.5) is 26.7 Å². The van der Waals surface area contributed by atoms with Gasteiger partial charge in [-0.2, -0.15) is 0 Å². The molecule has 35 heavy (non-hydrogen) atoms. The van der Waals surface area contributed by atoms with Crippen molar-refractivity contribution in [1.82, 2.24) is 15.2 Å². The number of amides is 4. The summed E-state index contributed by atoms with van der Waals surface area (Å²) in [6, 6.07) is 9.04. The Labute approximate surface area is 206 Å². The molecule has 10 heteroatoms. The number of anilines is 3. The lowest BCUT2D eigenvalue weighted by atomic mass is 9.87. The second-order valence-electron chi connectivity index (χ2n) is 9.92. The van der Waals surface area contributed by atoms with E-state index in [-0.39, 0.29) is 29.9 Å². The molecule has 1 fully saturated rings. The topological polar surface area (TPSA) is 115 Å². The summed E-state index contributed by atoms with van der Waals surface area (Å²) < 4.78 is 0. The Morgan fingerprint density at radius 3 is 2.80 bits per heavy atom. The van der Waals surface area contributed by atoms with Gasteiger partial charge >= 0.3 is 12.1 Å². The van der Waals surface area contributed by atoms with Gasteiger partial charge in [0.05, 0.1) is 22.4 Å². The van der Waals surface area contributed by atoms with Gasteiger partial charge in [0.2, 0.25) is 0 Å². The highest BCUT2D eigenvalue weighted by atomic mass is 32.1. The lowest BCUT2D eigenvalue weighted by Gasteiger charge is -2.31. The third-order valence-electron chi connectivity index (χ3n) is 6.45. The molecule has 2 aliphatic heterocycles. The van der Waals surface area contributed by atoms with Gasteiger partial charge in [-0.25, -0.2) is 14.6 Å². The van der Waals surface area contributed by atoms with Crippen molar-refractivity contribution < 1.29 is 19.5 Å². The zero-order valence-electron chi connectivity index (χ0n) is 19.8. The summed E-state index contributed by atoms with van der Waals surface area (Å²) in [5.74, 6) is -0.338. The van der Waals surface area contributed by atoms with E-state index in [1.807, 2.05) is 24.3 Å². The standard InChI is InChI=1S/C25H27N5O4S/c1-25(2,3)14-6-4-8-16(12-14)30-17-9-10-26-22-18(17)19(28-23(30)32)20(35-22)21(31)27-15-7-5-11-29(13-15)24(33)34/h4,6,8-10,12,15H,5,7,11,13H2,1-3H3,(H,27,31)(H,28,32)(H,33,34). The minimum absolute atomic E-state index is 0.0794. The number of pyridine rings is 1. The molecule has 0 saturated carbocycles. The highest BCUT2D eigenvalue weighted by molar-refractivity contribution is 7.21. The quantitative estimate of drug-likeness (QED) is 0.467. The van der Waals surface area contributed by atoms with Crippen LogP contribution in [0.3, 0.4) is 0 Å². The number of benzene rings is 1. The predicted molar refractivity (Wildman–Crippen MR) is 136 cm³/mol. The number of likely N-dealkylation sites (tertiary alicyclic amines) is 1. The molecule has 3 N–H and O–H groups in total. The molecule has 2 aromatic heterocycles. The molecule has 1 unspecified atom stereocenters. The molecule has 0 aliphatic carbocycles. The first-order valence-corrected chi connectivity index (χ1v) is 12.4. The summed E-state index contributed by atoms with van der Waals surface area (Å²) >= 11 is 1.22. The molecule has 9 nitrogen and oxygen atoms in total. The summed E-state index contributed by atoms with van der Waals surface area (Å²) in [5.41, 5.74) is 2.88. The van der Waals surface area contributed by atoms with Crippen LogP contribution in [0.2, 0.25) is 0 Å². The summed E-state index contributed by atoms with van der Waals surface area (Å²) in [5, 5.41) is 15.9. The Kier molecular flexibility index (Phi) is 5.63. The van der Waals surface area contributed by atoms with Crippen LogP contribution in [-0.2, 0) is 5.41 Å². The van der Waals surface area contributed by atoms with E-state index in [1.165, 1.54) is 16.2 Å². The number of rotatable bonds is 3. The maximum absolute atomic E-state index is 13.3. The lowest BCUT2D eigenvalue weighted by Crippen LogP contribution is -2.49. The first-order valence-electron chi connectivity index (χ1n) is 11.6. The molecule has 0 radical (unpaired) electrons. The highest BCUT2D eigenvalue weighted by Crippen LogP contribution is 2.46. The molecule has 5 rings (SSSR count). The molecular formula is C25H27N5O4S. The van der Waals surface area contributed by atoms with Gasteiger partial charge in [-0.05, 0) is 42.0 Å². The van der Waals surface area contributed by atoms with E-state index < -0.39 is 6.09 Å². The van der Waals surface area contributed by atoms with Crippen LogP contribution >= 0.6 is 11.3 Å². The van der Waals surface area contributed by atoms with Gasteiger partial charge in [-0.3, -0.25) is 9.69 Å².